The number of fused-ring (bicyclic) bond motifs is 1. The van der Waals surface area contributed by atoms with Crippen molar-refractivity contribution in [2.75, 3.05) is 6.54 Å². The summed E-state index contributed by atoms with van der Waals surface area (Å²) in [5, 5.41) is 15.7. The smallest absolute Gasteiger partial charge is 0.225 e. The first kappa shape index (κ1) is 14.3. The molecule has 2 N–H and O–H groups in total. The Balaban J connectivity index is 1.66. The number of rotatable bonds is 4. The molecule has 2 aromatic rings. The fraction of sp³-hybridized carbons (Fsp3) is 0.353. The number of aliphatic hydroxyl groups is 1. The molecule has 1 amide bonds. The van der Waals surface area contributed by atoms with Gasteiger partial charge in [-0.2, -0.15) is 0 Å². The number of nitrogens with one attached hydrogen (secondary N) is 1. The molecule has 0 saturated carbocycles. The first-order valence-electron chi connectivity index (χ1n) is 7.27. The second-order valence-corrected chi connectivity index (χ2v) is 6.61. The number of aryl methyl sites for hydroxylation is 1. The molecule has 1 aromatic carbocycles. The number of hydrogen-bond acceptors (Lipinski definition) is 3. The Morgan fingerprint density at radius 2 is 2.14 bits per heavy atom. The highest BCUT2D eigenvalue weighted by Gasteiger charge is 2.34. The van der Waals surface area contributed by atoms with Crippen LogP contribution in [0.2, 0.25) is 0 Å². The van der Waals surface area contributed by atoms with E-state index in [0.717, 1.165) is 23.3 Å². The van der Waals surface area contributed by atoms with Crippen LogP contribution in [-0.2, 0) is 23.2 Å². The van der Waals surface area contributed by atoms with Crippen LogP contribution in [0.15, 0.2) is 41.8 Å². The molecule has 1 aromatic heterocycles. The number of amides is 1. The molecule has 4 heteroatoms. The molecule has 3 rings (SSSR count). The summed E-state index contributed by atoms with van der Waals surface area (Å²) in [6, 6.07) is 11.9. The molecule has 0 unspecified atom stereocenters. The van der Waals surface area contributed by atoms with Gasteiger partial charge in [-0.05, 0) is 41.8 Å². The Hall–Kier alpha value is -1.65. The molecule has 0 fully saturated rings. The van der Waals surface area contributed by atoms with Crippen molar-refractivity contribution < 1.29 is 9.90 Å². The van der Waals surface area contributed by atoms with Gasteiger partial charge < -0.3 is 10.4 Å². The number of hydrogen-bond donors (Lipinski definition) is 2. The van der Waals surface area contributed by atoms with Crippen molar-refractivity contribution in [3.63, 3.8) is 0 Å². The van der Waals surface area contributed by atoms with Crippen molar-refractivity contribution in [1.82, 2.24) is 5.32 Å². The van der Waals surface area contributed by atoms with Gasteiger partial charge in [0.15, 0.2) is 0 Å². The third kappa shape index (κ3) is 3.17. The van der Waals surface area contributed by atoms with Crippen molar-refractivity contribution in [2.24, 2.45) is 0 Å². The van der Waals surface area contributed by atoms with Crippen molar-refractivity contribution in [3.8, 4) is 0 Å². The van der Waals surface area contributed by atoms with Gasteiger partial charge in [-0.25, -0.2) is 0 Å². The molecule has 1 atom stereocenters. The molecule has 1 aliphatic carbocycles. The van der Waals surface area contributed by atoms with E-state index in [2.05, 4.69) is 11.4 Å². The lowest BCUT2D eigenvalue weighted by molar-refractivity contribution is -0.122. The fourth-order valence-corrected chi connectivity index (χ4v) is 3.66. The summed E-state index contributed by atoms with van der Waals surface area (Å²) in [5.74, 6) is -0.0334. The molecule has 1 heterocycles. The van der Waals surface area contributed by atoms with Crippen LogP contribution in [0.3, 0.4) is 0 Å². The minimum atomic E-state index is -0.931. The predicted molar refractivity (Wildman–Crippen MR) is 84.3 cm³/mol. The highest BCUT2D eigenvalue weighted by atomic mass is 32.1. The molecule has 0 radical (unpaired) electrons. The van der Waals surface area contributed by atoms with E-state index in [4.69, 9.17) is 0 Å². The van der Waals surface area contributed by atoms with E-state index in [0.29, 0.717) is 12.8 Å². The van der Waals surface area contributed by atoms with E-state index in [-0.39, 0.29) is 12.5 Å². The van der Waals surface area contributed by atoms with E-state index in [9.17, 15) is 9.90 Å². The van der Waals surface area contributed by atoms with Crippen LogP contribution in [0, 0.1) is 0 Å². The maximum Gasteiger partial charge on any atom is 0.225 e. The Labute approximate surface area is 128 Å². The van der Waals surface area contributed by atoms with E-state index >= 15 is 0 Å². The summed E-state index contributed by atoms with van der Waals surface area (Å²) < 4.78 is 0. The normalized spacial score (nSPS) is 20.8. The standard InChI is InChI=1S/C17H19NO2S/c19-16(11-14-7-4-10-21-14)18-12-17(20)9-3-6-13-5-1-2-8-15(13)17/h1-2,4-5,7-8,10,20H,3,6,9,11-12H2,(H,18,19)/t17-/m0/s1. The topological polar surface area (TPSA) is 49.3 Å². The van der Waals surface area contributed by atoms with Gasteiger partial charge in [-0.15, -0.1) is 11.3 Å². The first-order valence-corrected chi connectivity index (χ1v) is 8.15. The molecule has 0 saturated heterocycles. The van der Waals surface area contributed by atoms with Crippen molar-refractivity contribution >= 4 is 17.2 Å². The molecular weight excluding hydrogens is 282 g/mol. The van der Waals surface area contributed by atoms with Crippen molar-refractivity contribution in [2.45, 2.75) is 31.3 Å². The predicted octanol–water partition coefficient (Wildman–Crippen LogP) is 2.63. The number of carbonyl (C=O) groups is 1. The monoisotopic (exact) mass is 301 g/mol. The van der Waals surface area contributed by atoms with Gasteiger partial charge in [0.05, 0.1) is 13.0 Å². The number of carbonyl (C=O) groups excluding carboxylic acids is 1. The Morgan fingerprint density at radius 3 is 2.95 bits per heavy atom. The molecule has 0 spiro atoms. The van der Waals surface area contributed by atoms with Crippen LogP contribution in [0.4, 0.5) is 0 Å². The highest BCUT2D eigenvalue weighted by Crippen LogP contribution is 2.34. The van der Waals surface area contributed by atoms with E-state index in [1.54, 1.807) is 11.3 Å². The minimum absolute atomic E-state index is 0.0334. The summed E-state index contributed by atoms with van der Waals surface area (Å²) in [5.41, 5.74) is 1.23. The second kappa shape index (κ2) is 6.00. The Bertz CT molecular complexity index is 623. The zero-order chi connectivity index (χ0) is 14.7. The largest absolute Gasteiger partial charge is 0.383 e. The van der Waals surface area contributed by atoms with E-state index in [1.807, 2.05) is 35.7 Å². The fourth-order valence-electron chi connectivity index (χ4n) is 2.96. The summed E-state index contributed by atoms with van der Waals surface area (Å²) in [4.78, 5) is 13.0. The average Bonchev–Trinajstić information content (AvgIpc) is 2.99. The Kier molecular flexibility index (Phi) is 4.08. The molecule has 0 aliphatic heterocycles. The first-order chi connectivity index (χ1) is 10.2. The molecule has 0 bridgehead atoms. The summed E-state index contributed by atoms with van der Waals surface area (Å²) in [6.07, 6.45) is 3.04. The van der Waals surface area contributed by atoms with Gasteiger partial charge in [0.25, 0.3) is 0 Å². The summed E-state index contributed by atoms with van der Waals surface area (Å²) in [7, 11) is 0. The lowest BCUT2D eigenvalue weighted by Gasteiger charge is -2.34. The van der Waals surface area contributed by atoms with Crippen LogP contribution in [0.1, 0.15) is 28.8 Å². The lowest BCUT2D eigenvalue weighted by atomic mass is 9.79. The van der Waals surface area contributed by atoms with Crippen LogP contribution >= 0.6 is 11.3 Å². The minimum Gasteiger partial charge on any atom is -0.383 e. The molecular formula is C17H19NO2S. The third-order valence-corrected chi connectivity index (χ3v) is 4.92. The van der Waals surface area contributed by atoms with Gasteiger partial charge in [0, 0.05) is 4.88 Å². The van der Waals surface area contributed by atoms with Crippen LogP contribution in [0.5, 0.6) is 0 Å². The van der Waals surface area contributed by atoms with Gasteiger partial charge in [0.2, 0.25) is 5.91 Å². The van der Waals surface area contributed by atoms with Crippen molar-refractivity contribution in [3.05, 3.63) is 57.8 Å². The molecule has 21 heavy (non-hydrogen) atoms. The second-order valence-electron chi connectivity index (χ2n) is 5.58. The van der Waals surface area contributed by atoms with Crippen LogP contribution in [0.25, 0.3) is 0 Å². The quantitative estimate of drug-likeness (QED) is 0.912. The van der Waals surface area contributed by atoms with Gasteiger partial charge in [-0.3, -0.25) is 4.79 Å². The van der Waals surface area contributed by atoms with E-state index < -0.39 is 5.60 Å². The lowest BCUT2D eigenvalue weighted by Crippen LogP contribution is -2.43. The summed E-state index contributed by atoms with van der Waals surface area (Å²) in [6.45, 7) is 0.286. The molecule has 1 aliphatic rings. The third-order valence-electron chi connectivity index (χ3n) is 4.05. The van der Waals surface area contributed by atoms with Crippen LogP contribution < -0.4 is 5.32 Å². The average molecular weight is 301 g/mol. The Morgan fingerprint density at radius 1 is 1.29 bits per heavy atom. The number of thiophene rings is 1. The zero-order valence-corrected chi connectivity index (χ0v) is 12.7. The van der Waals surface area contributed by atoms with Gasteiger partial charge >= 0.3 is 0 Å². The maximum absolute atomic E-state index is 12.0. The summed E-state index contributed by atoms with van der Waals surface area (Å²) >= 11 is 1.58. The number of benzene rings is 1. The van der Waals surface area contributed by atoms with Gasteiger partial charge in [-0.1, -0.05) is 30.3 Å². The molecule has 110 valence electrons. The molecule has 3 nitrogen and oxygen atoms in total. The highest BCUT2D eigenvalue weighted by molar-refractivity contribution is 7.10. The van der Waals surface area contributed by atoms with Crippen molar-refractivity contribution in [1.29, 1.82) is 0 Å². The van der Waals surface area contributed by atoms with E-state index in [1.165, 1.54) is 5.56 Å². The zero-order valence-electron chi connectivity index (χ0n) is 11.8. The maximum atomic E-state index is 12.0. The van der Waals surface area contributed by atoms with Gasteiger partial charge in [0.1, 0.15) is 5.60 Å². The SMILES string of the molecule is O=C(Cc1cccs1)NC[C@@]1(O)CCCc2ccccc21. The van der Waals surface area contributed by atoms with Crippen LogP contribution in [-0.4, -0.2) is 17.6 Å².